The number of nitrogens with one attached hydrogen (secondary N) is 4. The van der Waals surface area contributed by atoms with Gasteiger partial charge in [-0.15, -0.1) is 0 Å². The van der Waals surface area contributed by atoms with Crippen LogP contribution < -0.4 is 21.3 Å². The largest absolute Gasteiger partial charge is 0.375 e. The molecule has 13 atom stereocenters. The molecular formula is C61H107F2N11O12. The number of ether oxygens (including phenoxy) is 1. The number of rotatable bonds is 13. The second-order valence-electron chi connectivity index (χ2n) is 26.4. The van der Waals surface area contributed by atoms with Crippen molar-refractivity contribution in [3.05, 3.63) is 0 Å². The molecule has 25 heteroatoms. The predicted molar refractivity (Wildman–Crippen MR) is 322 cm³/mol. The highest BCUT2D eigenvalue weighted by molar-refractivity contribution is 6.00. The van der Waals surface area contributed by atoms with Gasteiger partial charge in [-0.2, -0.15) is 0 Å². The Morgan fingerprint density at radius 2 is 0.826 bits per heavy atom. The van der Waals surface area contributed by atoms with Crippen molar-refractivity contribution in [3.63, 3.8) is 0 Å². The van der Waals surface area contributed by atoms with Gasteiger partial charge in [0, 0.05) is 55.9 Å². The summed E-state index contributed by atoms with van der Waals surface area (Å²) in [6.45, 7) is 27.7. The standard InChI is InChI=1S/C61H107F2N11O12/c1-24-40-56(80)74(23)48(50(62)63)61(85)69(18)42(28-32(4)5)53(77)67-45(35(10)11)59(83)68(17)41(27-31(2)3)52(76)64-38(15)51(75)65-39(16)55(79)70(19)43(29-33(6)7)57(81)71(20)44(30-34(8)9)58(82)72(21)46(36(12)13)60(84)73(22)47(54(78)66-40)49-37(14)25-26-86-49/h31-50H,24-30H2,1-23H3,(H,64,76)(H,65,75)(H,66,78)(H,67,77)/t37-,38-,39+,40-,41-,42+,43-,44-,45-,46-,47-,48-,49-/m1/s1. The van der Waals surface area contributed by atoms with Crippen LogP contribution in [0.25, 0.3) is 0 Å². The molecule has 0 unspecified atom stereocenters. The molecule has 492 valence electrons. The first-order chi connectivity index (χ1) is 39.7. The predicted octanol–water partition coefficient (Wildman–Crippen LogP) is 3.36. The molecule has 0 aliphatic carbocycles. The van der Waals surface area contributed by atoms with E-state index in [0.717, 1.165) is 28.8 Å². The molecule has 11 amide bonds. The Hall–Kier alpha value is -6.01. The van der Waals surface area contributed by atoms with Crippen LogP contribution in [0.3, 0.4) is 0 Å². The lowest BCUT2D eigenvalue weighted by Gasteiger charge is -2.41. The first-order valence-electron chi connectivity index (χ1n) is 30.7. The zero-order chi connectivity index (χ0) is 66.4. The van der Waals surface area contributed by atoms with Crippen molar-refractivity contribution in [1.29, 1.82) is 0 Å². The molecule has 2 aliphatic rings. The minimum absolute atomic E-state index is 0.0772. The maximum atomic E-state index is 15.5. The van der Waals surface area contributed by atoms with Gasteiger partial charge in [-0.25, -0.2) is 8.78 Å². The van der Waals surface area contributed by atoms with Crippen LogP contribution >= 0.6 is 0 Å². The molecule has 0 aromatic rings. The molecule has 2 aliphatic heterocycles. The summed E-state index contributed by atoms with van der Waals surface area (Å²) in [6, 6.07) is -15.6. The van der Waals surface area contributed by atoms with E-state index in [2.05, 4.69) is 21.3 Å². The molecule has 0 radical (unpaired) electrons. The summed E-state index contributed by atoms with van der Waals surface area (Å²) >= 11 is 0. The van der Waals surface area contributed by atoms with Crippen molar-refractivity contribution in [2.24, 2.45) is 41.4 Å². The van der Waals surface area contributed by atoms with Crippen molar-refractivity contribution in [3.8, 4) is 0 Å². The van der Waals surface area contributed by atoms with E-state index in [1.54, 1.807) is 41.5 Å². The SMILES string of the molecule is CC[C@H]1NC(=O)[C@@H]([C@@H]2OCC[C@H]2C)N(C)C(=O)[C@@H](C(C)C)N(C)C(=O)[C@@H](CC(C)C)N(C)C(=O)[C@@H](CC(C)C)N(C)C(=O)[C@H](C)NC(=O)[C@@H](C)NC(=O)[C@@H](CC(C)C)N(C)C(=O)[C@@H](C(C)C)NC(=O)[C@H](CC(C)C)N(C)C(=O)[C@@H](C(F)F)N(C)C1=O. The second kappa shape index (κ2) is 33.4. The van der Waals surface area contributed by atoms with Crippen LogP contribution in [0.1, 0.15) is 149 Å². The Balaban J connectivity index is 3.01. The summed E-state index contributed by atoms with van der Waals surface area (Å²) in [6.07, 6.45) is -3.83. The molecule has 0 saturated carbocycles. The third-order valence-corrected chi connectivity index (χ3v) is 16.6. The maximum Gasteiger partial charge on any atom is 0.267 e. The van der Waals surface area contributed by atoms with E-state index in [0.29, 0.717) is 11.3 Å². The van der Waals surface area contributed by atoms with Crippen LogP contribution in [0, 0.1) is 41.4 Å². The van der Waals surface area contributed by atoms with Gasteiger partial charge in [-0.1, -0.05) is 96.9 Å². The Morgan fingerprint density at radius 1 is 0.430 bits per heavy atom. The van der Waals surface area contributed by atoms with E-state index in [4.69, 9.17) is 4.74 Å². The van der Waals surface area contributed by atoms with E-state index in [9.17, 15) is 43.2 Å². The molecule has 0 bridgehead atoms. The van der Waals surface area contributed by atoms with Crippen molar-refractivity contribution >= 4 is 65.0 Å². The van der Waals surface area contributed by atoms with Crippen LogP contribution in [-0.2, 0) is 57.5 Å². The van der Waals surface area contributed by atoms with Crippen molar-refractivity contribution in [1.82, 2.24) is 55.6 Å². The highest BCUT2D eigenvalue weighted by Gasteiger charge is 2.48. The molecule has 4 N–H and O–H groups in total. The zero-order valence-electron chi connectivity index (χ0n) is 55.8. The number of amides is 11. The lowest BCUT2D eigenvalue weighted by Crippen LogP contribution is -2.64. The summed E-state index contributed by atoms with van der Waals surface area (Å²) in [4.78, 5) is 168. The number of alkyl halides is 2. The normalized spacial score (nSPS) is 29.5. The van der Waals surface area contributed by atoms with Gasteiger partial charge in [-0.05, 0) is 93.8 Å². The smallest absolute Gasteiger partial charge is 0.267 e. The van der Waals surface area contributed by atoms with Gasteiger partial charge in [0.05, 0.1) is 6.10 Å². The van der Waals surface area contributed by atoms with Gasteiger partial charge in [0.1, 0.15) is 60.4 Å². The van der Waals surface area contributed by atoms with E-state index in [1.165, 1.54) is 70.7 Å². The van der Waals surface area contributed by atoms with Crippen LogP contribution in [0.5, 0.6) is 0 Å². The summed E-state index contributed by atoms with van der Waals surface area (Å²) in [5, 5.41) is 10.7. The fourth-order valence-corrected chi connectivity index (χ4v) is 11.3. The Morgan fingerprint density at radius 3 is 1.24 bits per heavy atom. The molecule has 23 nitrogen and oxygen atoms in total. The van der Waals surface area contributed by atoms with Gasteiger partial charge in [-0.3, -0.25) is 52.7 Å². The molecular weight excluding hydrogens is 1120 g/mol. The minimum atomic E-state index is -3.51. The average molecular weight is 1220 g/mol. The molecule has 2 heterocycles. The lowest BCUT2D eigenvalue weighted by atomic mass is 9.93. The quantitative estimate of drug-likeness (QED) is 0.207. The van der Waals surface area contributed by atoms with Crippen LogP contribution in [0.2, 0.25) is 0 Å². The number of carbonyl (C=O) groups excluding carboxylic acids is 11. The highest BCUT2D eigenvalue weighted by atomic mass is 19.3. The van der Waals surface area contributed by atoms with Gasteiger partial charge in [0.2, 0.25) is 59.1 Å². The Labute approximate surface area is 510 Å². The number of carbonyl (C=O) groups is 11. The third kappa shape index (κ3) is 19.5. The third-order valence-electron chi connectivity index (χ3n) is 16.6. The molecule has 86 heavy (non-hydrogen) atoms. The number of likely N-dealkylation sites (N-methyl/N-ethyl adjacent to an activating group) is 7. The minimum Gasteiger partial charge on any atom is -0.375 e. The van der Waals surface area contributed by atoms with Crippen molar-refractivity contribution in [2.45, 2.75) is 228 Å². The highest BCUT2D eigenvalue weighted by Crippen LogP contribution is 2.29. The van der Waals surface area contributed by atoms with Gasteiger partial charge in [0.15, 0.2) is 6.04 Å². The van der Waals surface area contributed by atoms with E-state index in [-0.39, 0.29) is 68.3 Å². The van der Waals surface area contributed by atoms with Crippen LogP contribution in [0.15, 0.2) is 0 Å². The fourth-order valence-electron chi connectivity index (χ4n) is 11.3. The van der Waals surface area contributed by atoms with E-state index in [1.807, 2.05) is 48.5 Å². The maximum absolute atomic E-state index is 15.5. The fraction of sp³-hybridized carbons (Fsp3) is 0.820. The number of hydrogen-bond donors (Lipinski definition) is 4. The van der Waals surface area contributed by atoms with Gasteiger partial charge in [0.25, 0.3) is 12.3 Å². The molecule has 0 spiro atoms. The second-order valence-corrected chi connectivity index (χ2v) is 26.4. The molecule has 0 aromatic carbocycles. The average Bonchev–Trinajstić information content (AvgIpc) is 2.74. The van der Waals surface area contributed by atoms with Crippen LogP contribution in [0.4, 0.5) is 8.78 Å². The van der Waals surface area contributed by atoms with Crippen molar-refractivity contribution < 1.29 is 66.3 Å². The monoisotopic (exact) mass is 1220 g/mol. The molecule has 2 fully saturated rings. The summed E-state index contributed by atoms with van der Waals surface area (Å²) in [5.74, 6) is -11.3. The molecule has 2 rings (SSSR count). The molecule has 0 aromatic heterocycles. The molecule has 2 saturated heterocycles. The van der Waals surface area contributed by atoms with Gasteiger partial charge >= 0.3 is 0 Å². The van der Waals surface area contributed by atoms with E-state index >= 15 is 18.4 Å². The number of halogens is 2. The topological polar surface area (TPSA) is 268 Å². The summed E-state index contributed by atoms with van der Waals surface area (Å²) in [7, 11) is 9.17. The summed E-state index contributed by atoms with van der Waals surface area (Å²) in [5.41, 5.74) is 0. The van der Waals surface area contributed by atoms with Crippen LogP contribution in [-0.4, -0.2) is 234 Å². The first kappa shape index (κ1) is 76.1. The first-order valence-corrected chi connectivity index (χ1v) is 30.7. The lowest BCUT2D eigenvalue weighted by molar-refractivity contribution is -0.158. The zero-order valence-corrected chi connectivity index (χ0v) is 55.8. The van der Waals surface area contributed by atoms with Gasteiger partial charge < -0.3 is 60.3 Å². The number of hydrogen-bond acceptors (Lipinski definition) is 12. The number of nitrogens with zero attached hydrogens (tertiary/aromatic N) is 7. The van der Waals surface area contributed by atoms with E-state index < -0.39 is 156 Å². The Kier molecular flexibility index (Phi) is 29.5. The summed E-state index contributed by atoms with van der Waals surface area (Å²) < 4.78 is 37.1. The Bertz CT molecular complexity index is 2380. The van der Waals surface area contributed by atoms with Crippen molar-refractivity contribution in [2.75, 3.05) is 55.9 Å².